The fourth-order valence-corrected chi connectivity index (χ4v) is 3.39. The van der Waals surface area contributed by atoms with Crippen LogP contribution in [0.15, 0.2) is 59.8 Å². The Bertz CT molecular complexity index is 865. The molecule has 0 radical (unpaired) electrons. The van der Waals surface area contributed by atoms with Gasteiger partial charge in [-0.1, -0.05) is 65.8 Å². The van der Waals surface area contributed by atoms with Gasteiger partial charge < -0.3 is 9.88 Å². The molecule has 3 rings (SSSR count). The molecule has 0 fully saturated rings. The van der Waals surface area contributed by atoms with E-state index in [1.807, 2.05) is 41.9 Å². The third-order valence-electron chi connectivity index (χ3n) is 3.86. The molecule has 0 atom stereocenters. The zero-order valence-corrected chi connectivity index (χ0v) is 15.9. The van der Waals surface area contributed by atoms with E-state index in [2.05, 4.69) is 27.6 Å². The summed E-state index contributed by atoms with van der Waals surface area (Å²) in [6.07, 6.45) is 0.310. The van der Waals surface area contributed by atoms with Crippen LogP contribution in [-0.4, -0.2) is 20.7 Å². The number of benzene rings is 2. The normalized spacial score (nSPS) is 10.7. The van der Waals surface area contributed by atoms with Crippen molar-refractivity contribution in [2.24, 2.45) is 7.05 Å². The SMILES string of the molecule is Cn1c(CNC(=O)Cc2ccc(Cl)cc2)nnc1SCc1ccccc1. The van der Waals surface area contributed by atoms with E-state index in [9.17, 15) is 4.79 Å². The van der Waals surface area contributed by atoms with E-state index < -0.39 is 0 Å². The van der Waals surface area contributed by atoms with Crippen molar-refractivity contribution in [1.82, 2.24) is 20.1 Å². The molecular weight excluding hydrogens is 368 g/mol. The summed E-state index contributed by atoms with van der Waals surface area (Å²) in [5.74, 6) is 1.49. The molecule has 1 amide bonds. The van der Waals surface area contributed by atoms with Crippen LogP contribution in [0, 0.1) is 0 Å². The van der Waals surface area contributed by atoms with Gasteiger partial charge in [-0.05, 0) is 23.3 Å². The Morgan fingerprint density at radius 1 is 1.08 bits per heavy atom. The Morgan fingerprint density at radius 3 is 2.54 bits per heavy atom. The summed E-state index contributed by atoms with van der Waals surface area (Å²) < 4.78 is 1.91. The fraction of sp³-hybridized carbons (Fsp3) is 0.211. The number of nitrogens with one attached hydrogen (secondary N) is 1. The zero-order chi connectivity index (χ0) is 18.4. The maximum absolute atomic E-state index is 12.1. The summed E-state index contributed by atoms with van der Waals surface area (Å²) in [6.45, 7) is 0.349. The lowest BCUT2D eigenvalue weighted by Crippen LogP contribution is -2.26. The summed E-state index contributed by atoms with van der Waals surface area (Å²) >= 11 is 7.48. The van der Waals surface area contributed by atoms with E-state index in [0.29, 0.717) is 18.0 Å². The van der Waals surface area contributed by atoms with Crippen LogP contribution in [-0.2, 0) is 30.6 Å². The smallest absolute Gasteiger partial charge is 0.224 e. The highest BCUT2D eigenvalue weighted by molar-refractivity contribution is 7.98. The standard InChI is InChI=1S/C19H19ClN4OS/c1-24-17(12-21-18(25)11-14-7-9-16(20)10-8-14)22-23-19(24)26-13-15-5-3-2-4-6-15/h2-10H,11-13H2,1H3,(H,21,25). The lowest BCUT2D eigenvalue weighted by Gasteiger charge is -2.06. The second-order valence-corrected chi connectivity index (χ2v) is 7.19. The minimum atomic E-state index is -0.0613. The highest BCUT2D eigenvalue weighted by atomic mass is 35.5. The van der Waals surface area contributed by atoms with E-state index >= 15 is 0 Å². The van der Waals surface area contributed by atoms with Crippen LogP contribution in [0.5, 0.6) is 0 Å². The van der Waals surface area contributed by atoms with E-state index in [1.165, 1.54) is 5.56 Å². The summed E-state index contributed by atoms with van der Waals surface area (Å²) in [4.78, 5) is 12.1. The second-order valence-electron chi connectivity index (χ2n) is 5.81. The van der Waals surface area contributed by atoms with Crippen molar-refractivity contribution in [1.29, 1.82) is 0 Å². The van der Waals surface area contributed by atoms with Crippen molar-refractivity contribution in [2.75, 3.05) is 0 Å². The van der Waals surface area contributed by atoms with Gasteiger partial charge in [0.15, 0.2) is 11.0 Å². The van der Waals surface area contributed by atoms with Crippen molar-refractivity contribution in [3.05, 3.63) is 76.6 Å². The number of aromatic nitrogens is 3. The molecule has 2 aromatic carbocycles. The van der Waals surface area contributed by atoms with E-state index in [1.54, 1.807) is 23.9 Å². The highest BCUT2D eigenvalue weighted by Crippen LogP contribution is 2.20. The number of amides is 1. The fourth-order valence-electron chi connectivity index (χ4n) is 2.37. The first-order valence-corrected chi connectivity index (χ1v) is 9.54. The van der Waals surface area contributed by atoms with Crippen LogP contribution >= 0.6 is 23.4 Å². The van der Waals surface area contributed by atoms with Gasteiger partial charge >= 0.3 is 0 Å². The molecule has 0 bridgehead atoms. The number of thioether (sulfide) groups is 1. The van der Waals surface area contributed by atoms with Gasteiger partial charge in [-0.15, -0.1) is 10.2 Å². The Balaban J connectivity index is 1.51. The second kappa shape index (κ2) is 8.87. The largest absolute Gasteiger partial charge is 0.349 e. The van der Waals surface area contributed by atoms with Crippen LogP contribution in [0.2, 0.25) is 5.02 Å². The lowest BCUT2D eigenvalue weighted by atomic mass is 10.1. The Labute approximate surface area is 161 Å². The number of rotatable bonds is 7. The zero-order valence-electron chi connectivity index (χ0n) is 14.4. The Kier molecular flexibility index (Phi) is 6.30. The molecule has 134 valence electrons. The quantitative estimate of drug-likeness (QED) is 0.630. The summed E-state index contributed by atoms with van der Waals surface area (Å²) in [5.41, 5.74) is 2.15. The maximum Gasteiger partial charge on any atom is 0.224 e. The number of nitrogens with zero attached hydrogens (tertiary/aromatic N) is 3. The van der Waals surface area contributed by atoms with Gasteiger partial charge in [-0.25, -0.2) is 0 Å². The molecule has 0 aliphatic rings. The maximum atomic E-state index is 12.1. The molecule has 0 saturated heterocycles. The average molecular weight is 387 g/mol. The molecule has 0 saturated carbocycles. The third-order valence-corrected chi connectivity index (χ3v) is 5.20. The van der Waals surface area contributed by atoms with Crippen LogP contribution < -0.4 is 5.32 Å². The molecule has 0 unspecified atom stereocenters. The molecule has 0 aliphatic heterocycles. The van der Waals surface area contributed by atoms with Crippen molar-refractivity contribution < 1.29 is 4.79 Å². The van der Waals surface area contributed by atoms with Crippen LogP contribution in [0.3, 0.4) is 0 Å². The average Bonchev–Trinajstić information content (AvgIpc) is 3.01. The van der Waals surface area contributed by atoms with Crippen molar-refractivity contribution in [3.8, 4) is 0 Å². The van der Waals surface area contributed by atoms with Gasteiger partial charge in [-0.3, -0.25) is 4.79 Å². The first-order chi connectivity index (χ1) is 12.6. The predicted molar refractivity (Wildman–Crippen MR) is 104 cm³/mol. The Morgan fingerprint density at radius 2 is 1.81 bits per heavy atom. The van der Waals surface area contributed by atoms with Gasteiger partial charge in [0, 0.05) is 17.8 Å². The monoisotopic (exact) mass is 386 g/mol. The van der Waals surface area contributed by atoms with Crippen LogP contribution in [0.4, 0.5) is 0 Å². The van der Waals surface area contributed by atoms with Crippen molar-refractivity contribution in [2.45, 2.75) is 23.9 Å². The molecule has 26 heavy (non-hydrogen) atoms. The van der Waals surface area contributed by atoms with E-state index in [4.69, 9.17) is 11.6 Å². The molecule has 7 heteroatoms. The third kappa shape index (κ3) is 5.09. The molecule has 3 aromatic rings. The van der Waals surface area contributed by atoms with Crippen LogP contribution in [0.1, 0.15) is 17.0 Å². The molecule has 1 heterocycles. The number of carbonyl (C=O) groups excluding carboxylic acids is 1. The highest BCUT2D eigenvalue weighted by Gasteiger charge is 2.11. The van der Waals surface area contributed by atoms with Crippen molar-refractivity contribution in [3.63, 3.8) is 0 Å². The van der Waals surface area contributed by atoms with E-state index in [0.717, 1.165) is 22.3 Å². The number of halogens is 1. The van der Waals surface area contributed by atoms with Gasteiger partial charge in [0.25, 0.3) is 0 Å². The molecule has 5 nitrogen and oxygen atoms in total. The molecular formula is C19H19ClN4OS. The van der Waals surface area contributed by atoms with E-state index in [-0.39, 0.29) is 5.91 Å². The van der Waals surface area contributed by atoms with Gasteiger partial charge in [0.2, 0.25) is 5.91 Å². The van der Waals surface area contributed by atoms with Crippen molar-refractivity contribution >= 4 is 29.3 Å². The first kappa shape index (κ1) is 18.5. The first-order valence-electron chi connectivity index (χ1n) is 8.18. The summed E-state index contributed by atoms with van der Waals surface area (Å²) in [6, 6.07) is 17.5. The summed E-state index contributed by atoms with van der Waals surface area (Å²) in [5, 5.41) is 12.8. The van der Waals surface area contributed by atoms with Crippen LogP contribution in [0.25, 0.3) is 0 Å². The predicted octanol–water partition coefficient (Wildman–Crippen LogP) is 3.62. The molecule has 0 aliphatic carbocycles. The number of hydrogen-bond acceptors (Lipinski definition) is 4. The Hall–Kier alpha value is -2.31. The summed E-state index contributed by atoms with van der Waals surface area (Å²) in [7, 11) is 1.91. The minimum absolute atomic E-state index is 0.0613. The van der Waals surface area contributed by atoms with Gasteiger partial charge in [0.05, 0.1) is 13.0 Å². The topological polar surface area (TPSA) is 59.8 Å². The molecule has 1 N–H and O–H groups in total. The van der Waals surface area contributed by atoms with Gasteiger partial charge in [-0.2, -0.15) is 0 Å². The minimum Gasteiger partial charge on any atom is -0.349 e. The molecule has 1 aromatic heterocycles. The lowest BCUT2D eigenvalue weighted by molar-refractivity contribution is -0.120. The molecule has 0 spiro atoms. The number of carbonyl (C=O) groups is 1. The number of hydrogen-bond donors (Lipinski definition) is 1. The van der Waals surface area contributed by atoms with Gasteiger partial charge in [0.1, 0.15) is 0 Å².